The van der Waals surface area contributed by atoms with Crippen LogP contribution < -0.4 is 5.32 Å². The summed E-state index contributed by atoms with van der Waals surface area (Å²) < 4.78 is 26.3. The van der Waals surface area contributed by atoms with Gasteiger partial charge in [-0.05, 0) is 44.9 Å². The van der Waals surface area contributed by atoms with Crippen LogP contribution in [0.4, 0.5) is 5.69 Å². The normalized spacial score (nSPS) is 13.1. The molecule has 23 heavy (non-hydrogen) atoms. The second kappa shape index (κ2) is 6.74. The first-order valence-electron chi connectivity index (χ1n) is 7.83. The standard InChI is InChI=1S/C17H25N3O2S/c1-6-23(21,22)17-10-8-7-9-16(17)18-12(2)11-15-13(3)19-20(5)14(15)4/h7-10,12,18H,6,11H2,1-5H3/t12-/m1/s1. The molecule has 0 radical (unpaired) electrons. The molecular weight excluding hydrogens is 310 g/mol. The Kier molecular flexibility index (Phi) is 5.14. The average molecular weight is 335 g/mol. The molecule has 1 heterocycles. The third kappa shape index (κ3) is 3.75. The molecule has 0 saturated carbocycles. The Bertz CT molecular complexity index is 794. The van der Waals surface area contributed by atoms with Crippen molar-refractivity contribution < 1.29 is 8.42 Å². The van der Waals surface area contributed by atoms with E-state index in [1.807, 2.05) is 30.8 Å². The van der Waals surface area contributed by atoms with Crippen LogP contribution in [-0.4, -0.2) is 30.0 Å². The number of benzene rings is 1. The summed E-state index contributed by atoms with van der Waals surface area (Å²) >= 11 is 0. The quantitative estimate of drug-likeness (QED) is 0.881. The predicted molar refractivity (Wildman–Crippen MR) is 93.6 cm³/mol. The lowest BCUT2D eigenvalue weighted by atomic mass is 10.1. The van der Waals surface area contributed by atoms with E-state index in [0.717, 1.165) is 17.8 Å². The van der Waals surface area contributed by atoms with Gasteiger partial charge in [-0.3, -0.25) is 4.68 Å². The molecule has 0 aliphatic heterocycles. The van der Waals surface area contributed by atoms with Gasteiger partial charge in [0.15, 0.2) is 9.84 Å². The van der Waals surface area contributed by atoms with E-state index in [2.05, 4.69) is 24.3 Å². The molecular formula is C17H25N3O2S. The van der Waals surface area contributed by atoms with Gasteiger partial charge in [-0.2, -0.15) is 5.10 Å². The first-order chi connectivity index (χ1) is 10.8. The number of para-hydroxylation sites is 1. The van der Waals surface area contributed by atoms with Crippen LogP contribution in [0.1, 0.15) is 30.8 Å². The van der Waals surface area contributed by atoms with Gasteiger partial charge in [-0.1, -0.05) is 19.1 Å². The van der Waals surface area contributed by atoms with Crippen molar-refractivity contribution in [3.05, 3.63) is 41.2 Å². The molecule has 0 saturated heterocycles. The van der Waals surface area contributed by atoms with E-state index in [4.69, 9.17) is 0 Å². The molecule has 0 unspecified atom stereocenters. The van der Waals surface area contributed by atoms with Gasteiger partial charge in [-0.15, -0.1) is 0 Å². The fraction of sp³-hybridized carbons (Fsp3) is 0.471. The Morgan fingerprint density at radius 3 is 2.48 bits per heavy atom. The highest BCUT2D eigenvalue weighted by molar-refractivity contribution is 7.91. The molecule has 5 nitrogen and oxygen atoms in total. The fourth-order valence-electron chi connectivity index (χ4n) is 2.75. The Balaban J connectivity index is 2.23. The van der Waals surface area contributed by atoms with Crippen LogP contribution in [0.5, 0.6) is 0 Å². The van der Waals surface area contributed by atoms with Crippen molar-refractivity contribution in [3.63, 3.8) is 0 Å². The third-order valence-electron chi connectivity index (χ3n) is 4.17. The van der Waals surface area contributed by atoms with E-state index in [-0.39, 0.29) is 11.8 Å². The molecule has 6 heteroatoms. The first kappa shape index (κ1) is 17.5. The minimum absolute atomic E-state index is 0.0981. The van der Waals surface area contributed by atoms with Crippen molar-refractivity contribution in [1.82, 2.24) is 9.78 Å². The molecule has 0 amide bonds. The molecule has 2 aromatic rings. The molecule has 0 spiro atoms. The summed E-state index contributed by atoms with van der Waals surface area (Å²) in [5.41, 5.74) is 4.04. The van der Waals surface area contributed by atoms with Gasteiger partial charge < -0.3 is 5.32 Å². The Morgan fingerprint density at radius 2 is 1.91 bits per heavy atom. The topological polar surface area (TPSA) is 64.0 Å². The number of rotatable bonds is 6. The maximum Gasteiger partial charge on any atom is 0.180 e. The third-order valence-corrected chi connectivity index (χ3v) is 5.96. The molecule has 126 valence electrons. The second-order valence-corrected chi connectivity index (χ2v) is 8.17. The van der Waals surface area contributed by atoms with Gasteiger partial charge in [0.25, 0.3) is 0 Å². The van der Waals surface area contributed by atoms with Crippen LogP contribution in [0.3, 0.4) is 0 Å². The van der Waals surface area contributed by atoms with E-state index >= 15 is 0 Å². The van der Waals surface area contributed by atoms with Crippen molar-refractivity contribution in [2.45, 2.75) is 45.1 Å². The van der Waals surface area contributed by atoms with Crippen molar-refractivity contribution in [2.75, 3.05) is 11.1 Å². The highest BCUT2D eigenvalue weighted by Crippen LogP contribution is 2.24. The van der Waals surface area contributed by atoms with Gasteiger partial charge in [-0.25, -0.2) is 8.42 Å². The summed E-state index contributed by atoms with van der Waals surface area (Å²) in [7, 11) is -1.30. The first-order valence-corrected chi connectivity index (χ1v) is 9.49. The zero-order valence-electron chi connectivity index (χ0n) is 14.4. The molecule has 1 N–H and O–H groups in total. The summed E-state index contributed by atoms with van der Waals surface area (Å²) in [6.45, 7) is 7.78. The predicted octanol–water partition coefficient (Wildman–Crippen LogP) is 2.87. The highest BCUT2D eigenvalue weighted by Gasteiger charge is 2.18. The van der Waals surface area contributed by atoms with Crippen LogP contribution in [0.15, 0.2) is 29.2 Å². The number of sulfone groups is 1. The van der Waals surface area contributed by atoms with E-state index in [1.165, 1.54) is 5.56 Å². The van der Waals surface area contributed by atoms with Crippen molar-refractivity contribution in [1.29, 1.82) is 0 Å². The smallest absolute Gasteiger partial charge is 0.180 e. The monoisotopic (exact) mass is 335 g/mol. The number of nitrogens with zero attached hydrogens (tertiary/aromatic N) is 2. The number of nitrogens with one attached hydrogen (secondary N) is 1. The van der Waals surface area contributed by atoms with Crippen LogP contribution in [0.2, 0.25) is 0 Å². The SMILES string of the molecule is CCS(=O)(=O)c1ccccc1N[C@H](C)Cc1c(C)nn(C)c1C. The highest BCUT2D eigenvalue weighted by atomic mass is 32.2. The minimum atomic E-state index is -3.24. The molecule has 0 fully saturated rings. The van der Waals surface area contributed by atoms with Gasteiger partial charge in [0.1, 0.15) is 0 Å². The van der Waals surface area contributed by atoms with Crippen molar-refractivity contribution >= 4 is 15.5 Å². The largest absolute Gasteiger partial charge is 0.381 e. The average Bonchev–Trinajstić information content (AvgIpc) is 2.74. The summed E-state index contributed by atoms with van der Waals surface area (Å²) in [5.74, 6) is 0.0981. The molecule has 1 aromatic carbocycles. The van der Waals surface area contributed by atoms with E-state index < -0.39 is 9.84 Å². The summed E-state index contributed by atoms with van der Waals surface area (Å²) in [5, 5.41) is 7.78. The minimum Gasteiger partial charge on any atom is -0.381 e. The summed E-state index contributed by atoms with van der Waals surface area (Å²) in [6, 6.07) is 7.19. The lowest BCUT2D eigenvalue weighted by molar-refractivity contribution is 0.597. The van der Waals surface area contributed by atoms with Crippen LogP contribution in [0, 0.1) is 13.8 Å². The van der Waals surface area contributed by atoms with Gasteiger partial charge in [0.05, 0.1) is 22.0 Å². The Morgan fingerprint density at radius 1 is 1.26 bits per heavy atom. The van der Waals surface area contributed by atoms with Crippen LogP contribution in [-0.2, 0) is 23.3 Å². The molecule has 2 rings (SSSR count). The Hall–Kier alpha value is -1.82. The zero-order chi connectivity index (χ0) is 17.2. The fourth-order valence-corrected chi connectivity index (χ4v) is 3.81. The zero-order valence-corrected chi connectivity index (χ0v) is 15.2. The van der Waals surface area contributed by atoms with E-state index in [0.29, 0.717) is 10.6 Å². The van der Waals surface area contributed by atoms with E-state index in [9.17, 15) is 8.42 Å². The Labute approximate surface area is 138 Å². The molecule has 0 bridgehead atoms. The van der Waals surface area contributed by atoms with Crippen LogP contribution in [0.25, 0.3) is 0 Å². The summed E-state index contributed by atoms with van der Waals surface area (Å²) in [4.78, 5) is 0.369. The van der Waals surface area contributed by atoms with Gasteiger partial charge in [0.2, 0.25) is 0 Å². The number of hydrogen-bond acceptors (Lipinski definition) is 4. The number of aryl methyl sites for hydroxylation is 2. The number of aromatic nitrogens is 2. The second-order valence-electron chi connectivity index (χ2n) is 5.92. The molecule has 0 aliphatic rings. The number of anilines is 1. The maximum absolute atomic E-state index is 12.2. The molecule has 1 aromatic heterocycles. The lowest BCUT2D eigenvalue weighted by Crippen LogP contribution is -2.20. The van der Waals surface area contributed by atoms with Crippen molar-refractivity contribution in [3.8, 4) is 0 Å². The number of hydrogen-bond donors (Lipinski definition) is 1. The maximum atomic E-state index is 12.2. The van der Waals surface area contributed by atoms with Crippen LogP contribution >= 0.6 is 0 Å². The van der Waals surface area contributed by atoms with Gasteiger partial charge in [0, 0.05) is 18.8 Å². The van der Waals surface area contributed by atoms with Crippen molar-refractivity contribution in [2.24, 2.45) is 7.05 Å². The molecule has 1 atom stereocenters. The summed E-state index contributed by atoms with van der Waals surface area (Å²) in [6.07, 6.45) is 0.798. The molecule has 0 aliphatic carbocycles. The van der Waals surface area contributed by atoms with E-state index in [1.54, 1.807) is 19.1 Å². The van der Waals surface area contributed by atoms with Gasteiger partial charge >= 0.3 is 0 Å². The lowest BCUT2D eigenvalue weighted by Gasteiger charge is -2.18.